The van der Waals surface area contributed by atoms with Crippen LogP contribution >= 0.6 is 0 Å². The topological polar surface area (TPSA) is 78.7 Å². The maximum absolute atomic E-state index is 12.1. The molecule has 0 aromatic heterocycles. The number of benzene rings is 1. The highest BCUT2D eigenvalue weighted by Crippen LogP contribution is 2.14. The fourth-order valence-corrected chi connectivity index (χ4v) is 2.33. The average molecular weight is 334 g/mol. The zero-order valence-corrected chi connectivity index (χ0v) is 15.2. The van der Waals surface area contributed by atoms with Gasteiger partial charge in [-0.3, -0.25) is 4.79 Å². The molecule has 6 nitrogen and oxygen atoms in total. The van der Waals surface area contributed by atoms with Gasteiger partial charge in [0, 0.05) is 40.2 Å². The van der Waals surface area contributed by atoms with Gasteiger partial charge in [-0.2, -0.15) is 0 Å². The van der Waals surface area contributed by atoms with Crippen molar-refractivity contribution >= 4 is 11.9 Å². The second kappa shape index (κ2) is 9.27. The Morgan fingerprint density at radius 1 is 1.12 bits per heavy atom. The Morgan fingerprint density at radius 3 is 2.33 bits per heavy atom. The van der Waals surface area contributed by atoms with Gasteiger partial charge in [0.2, 0.25) is 5.91 Å². The lowest BCUT2D eigenvalue weighted by Crippen LogP contribution is -2.42. The largest absolute Gasteiger partial charge is 0.345 e. The van der Waals surface area contributed by atoms with Crippen LogP contribution in [-0.4, -0.2) is 55.5 Å². The lowest BCUT2D eigenvalue weighted by Gasteiger charge is -2.29. The van der Waals surface area contributed by atoms with Gasteiger partial charge < -0.3 is 20.9 Å². The fourth-order valence-electron chi connectivity index (χ4n) is 2.33. The van der Waals surface area contributed by atoms with Gasteiger partial charge in [0.15, 0.2) is 0 Å². The van der Waals surface area contributed by atoms with Crippen molar-refractivity contribution in [1.82, 2.24) is 15.1 Å². The molecule has 1 aromatic carbocycles. The molecule has 0 spiro atoms. The first-order valence-corrected chi connectivity index (χ1v) is 8.22. The summed E-state index contributed by atoms with van der Waals surface area (Å²) in [7, 11) is 3.50. The van der Waals surface area contributed by atoms with Crippen LogP contribution in [0.3, 0.4) is 0 Å². The predicted molar refractivity (Wildman–Crippen MR) is 96.4 cm³/mol. The molecule has 1 aromatic rings. The summed E-state index contributed by atoms with van der Waals surface area (Å²) in [4.78, 5) is 27.4. The zero-order chi connectivity index (χ0) is 18.2. The lowest BCUT2D eigenvalue weighted by molar-refractivity contribution is -0.130. The molecule has 0 fully saturated rings. The van der Waals surface area contributed by atoms with E-state index in [4.69, 9.17) is 5.73 Å². The number of carbonyl (C=O) groups is 2. The summed E-state index contributed by atoms with van der Waals surface area (Å²) >= 11 is 0. The van der Waals surface area contributed by atoms with Crippen molar-refractivity contribution in [3.63, 3.8) is 0 Å². The number of nitrogens with one attached hydrogen (secondary N) is 1. The van der Waals surface area contributed by atoms with Crippen molar-refractivity contribution in [3.05, 3.63) is 35.9 Å². The fraction of sp³-hybridized carbons (Fsp3) is 0.556. The maximum Gasteiger partial charge on any atom is 0.317 e. The standard InChI is InChI=1S/C18H30N4O2/c1-18(2,13-19)14-22(4)16(23)10-11-20-17(24)21(3)12-15-8-6-5-7-9-15/h5-9H,10-14,19H2,1-4H3,(H,20,24). The zero-order valence-electron chi connectivity index (χ0n) is 15.2. The van der Waals surface area contributed by atoms with E-state index in [2.05, 4.69) is 5.32 Å². The van der Waals surface area contributed by atoms with E-state index >= 15 is 0 Å². The van der Waals surface area contributed by atoms with Gasteiger partial charge in [0.1, 0.15) is 0 Å². The summed E-state index contributed by atoms with van der Waals surface area (Å²) in [6.07, 6.45) is 0.280. The number of amides is 3. The number of nitrogens with zero attached hydrogens (tertiary/aromatic N) is 2. The molecule has 134 valence electrons. The van der Waals surface area contributed by atoms with E-state index < -0.39 is 0 Å². The number of nitrogens with two attached hydrogens (primary N) is 1. The van der Waals surface area contributed by atoms with Gasteiger partial charge in [-0.25, -0.2) is 4.79 Å². The van der Waals surface area contributed by atoms with Gasteiger partial charge in [0.25, 0.3) is 0 Å². The molecule has 0 bridgehead atoms. The number of hydrogen-bond acceptors (Lipinski definition) is 3. The first-order valence-electron chi connectivity index (χ1n) is 8.22. The smallest absolute Gasteiger partial charge is 0.317 e. The van der Waals surface area contributed by atoms with Crippen molar-refractivity contribution in [2.24, 2.45) is 11.1 Å². The van der Waals surface area contributed by atoms with Crippen LogP contribution in [0.5, 0.6) is 0 Å². The second-order valence-corrected chi connectivity index (χ2v) is 6.94. The second-order valence-electron chi connectivity index (χ2n) is 6.94. The van der Waals surface area contributed by atoms with Gasteiger partial charge in [-0.1, -0.05) is 44.2 Å². The normalized spacial score (nSPS) is 11.0. The van der Waals surface area contributed by atoms with Crippen LogP contribution < -0.4 is 11.1 Å². The molecule has 0 aliphatic rings. The first-order chi connectivity index (χ1) is 11.2. The third-order valence-corrected chi connectivity index (χ3v) is 3.87. The molecule has 0 heterocycles. The van der Waals surface area contributed by atoms with Crippen molar-refractivity contribution in [2.75, 3.05) is 33.7 Å². The number of hydrogen-bond donors (Lipinski definition) is 2. The molecular formula is C18H30N4O2. The van der Waals surface area contributed by atoms with E-state index in [1.165, 1.54) is 0 Å². The van der Waals surface area contributed by atoms with E-state index in [0.29, 0.717) is 26.2 Å². The Bertz CT molecular complexity index is 531. The van der Waals surface area contributed by atoms with E-state index in [1.54, 1.807) is 23.9 Å². The SMILES string of the molecule is CN(CC(C)(C)CN)C(=O)CCNC(=O)N(C)Cc1ccccc1. The monoisotopic (exact) mass is 334 g/mol. The van der Waals surface area contributed by atoms with Crippen molar-refractivity contribution in [3.8, 4) is 0 Å². The highest BCUT2D eigenvalue weighted by atomic mass is 16.2. The minimum absolute atomic E-state index is 0.00235. The third kappa shape index (κ3) is 7.00. The Kier molecular flexibility index (Phi) is 7.71. The molecule has 0 unspecified atom stereocenters. The summed E-state index contributed by atoms with van der Waals surface area (Å²) in [5.74, 6) is 0.00235. The Hall–Kier alpha value is -2.08. The summed E-state index contributed by atoms with van der Waals surface area (Å²) in [6, 6.07) is 9.59. The van der Waals surface area contributed by atoms with Gasteiger partial charge in [0.05, 0.1) is 0 Å². The molecule has 6 heteroatoms. The average Bonchev–Trinajstić information content (AvgIpc) is 2.55. The molecule has 3 amide bonds. The van der Waals surface area contributed by atoms with Crippen LogP contribution in [0.25, 0.3) is 0 Å². The summed E-state index contributed by atoms with van der Waals surface area (Å²) in [5, 5.41) is 2.78. The highest BCUT2D eigenvalue weighted by molar-refractivity contribution is 5.78. The molecule has 24 heavy (non-hydrogen) atoms. The van der Waals surface area contributed by atoms with Crippen LogP contribution in [0.1, 0.15) is 25.8 Å². The molecule has 0 radical (unpaired) electrons. The van der Waals surface area contributed by atoms with Crippen LogP contribution in [0.4, 0.5) is 4.79 Å². The quantitative estimate of drug-likeness (QED) is 0.759. The number of rotatable bonds is 8. The molecule has 3 N–H and O–H groups in total. The van der Waals surface area contributed by atoms with Crippen LogP contribution in [0, 0.1) is 5.41 Å². The van der Waals surface area contributed by atoms with Crippen molar-refractivity contribution < 1.29 is 9.59 Å². The number of carbonyl (C=O) groups excluding carboxylic acids is 2. The summed E-state index contributed by atoms with van der Waals surface area (Å²) < 4.78 is 0. The minimum Gasteiger partial charge on any atom is -0.345 e. The van der Waals surface area contributed by atoms with Crippen molar-refractivity contribution in [1.29, 1.82) is 0 Å². The van der Waals surface area contributed by atoms with Crippen LogP contribution in [-0.2, 0) is 11.3 Å². The van der Waals surface area contributed by atoms with Gasteiger partial charge in [-0.15, -0.1) is 0 Å². The van der Waals surface area contributed by atoms with E-state index in [0.717, 1.165) is 5.56 Å². The molecule has 0 aliphatic carbocycles. The third-order valence-electron chi connectivity index (χ3n) is 3.87. The van der Waals surface area contributed by atoms with Crippen molar-refractivity contribution in [2.45, 2.75) is 26.8 Å². The van der Waals surface area contributed by atoms with E-state index in [-0.39, 0.29) is 23.8 Å². The summed E-state index contributed by atoms with van der Waals surface area (Å²) in [6.45, 7) is 6.03. The van der Waals surface area contributed by atoms with E-state index in [1.807, 2.05) is 44.2 Å². The Morgan fingerprint density at radius 2 is 1.75 bits per heavy atom. The molecular weight excluding hydrogens is 304 g/mol. The first kappa shape index (κ1) is 20.0. The van der Waals surface area contributed by atoms with Crippen LogP contribution in [0.15, 0.2) is 30.3 Å². The Balaban J connectivity index is 2.33. The maximum atomic E-state index is 12.1. The molecule has 0 saturated heterocycles. The molecule has 0 atom stereocenters. The summed E-state index contributed by atoms with van der Waals surface area (Å²) in [5.41, 5.74) is 6.65. The predicted octanol–water partition coefficient (Wildman–Crippen LogP) is 1.66. The molecule has 0 aliphatic heterocycles. The Labute approximate surface area is 145 Å². The van der Waals surface area contributed by atoms with Gasteiger partial charge in [-0.05, 0) is 17.5 Å². The molecule has 0 saturated carbocycles. The van der Waals surface area contributed by atoms with Crippen LogP contribution in [0.2, 0.25) is 0 Å². The number of urea groups is 1. The highest BCUT2D eigenvalue weighted by Gasteiger charge is 2.21. The van der Waals surface area contributed by atoms with Gasteiger partial charge >= 0.3 is 6.03 Å². The minimum atomic E-state index is -0.184. The lowest BCUT2D eigenvalue weighted by atomic mass is 9.93. The molecule has 1 rings (SSSR count). The van der Waals surface area contributed by atoms with E-state index in [9.17, 15) is 9.59 Å².